The van der Waals surface area contributed by atoms with Crippen molar-refractivity contribution >= 4 is 35.5 Å². The predicted octanol–water partition coefficient (Wildman–Crippen LogP) is 3.63. The smallest absolute Gasteiger partial charge is 0.326 e. The molecule has 0 saturated heterocycles. The zero-order valence-electron chi connectivity index (χ0n) is 36.0. The van der Waals surface area contributed by atoms with Gasteiger partial charge in [-0.15, -0.1) is 0 Å². The number of aliphatic hydroxyl groups is 1. The van der Waals surface area contributed by atoms with Gasteiger partial charge < -0.3 is 46.7 Å². The quantitative estimate of drug-likeness (QED) is 0.0732. The lowest BCUT2D eigenvalue weighted by molar-refractivity contribution is -0.144. The first kappa shape index (κ1) is 49.7. The topological polar surface area (TPSA) is 225 Å². The van der Waals surface area contributed by atoms with Crippen molar-refractivity contribution in [2.75, 3.05) is 19.7 Å². The molecule has 3 rings (SSSR count). The van der Waals surface area contributed by atoms with Crippen LogP contribution in [0, 0.1) is 23.0 Å². The summed E-state index contributed by atoms with van der Waals surface area (Å²) >= 11 is 0. The molecule has 0 saturated carbocycles. The molecule has 0 spiro atoms. The maximum Gasteiger partial charge on any atom is 0.326 e. The van der Waals surface area contributed by atoms with E-state index in [0.29, 0.717) is 37.1 Å². The Balaban J connectivity index is 1.88. The number of carbonyl (C=O) groups excluding carboxylic acids is 5. The van der Waals surface area contributed by atoms with E-state index in [1.165, 1.54) is 18.7 Å². The number of carboxylic acid groups (broad SMARTS) is 1. The summed E-state index contributed by atoms with van der Waals surface area (Å²) in [5.74, 6) is -6.55. The van der Waals surface area contributed by atoms with Crippen molar-refractivity contribution in [2.24, 2.45) is 17.1 Å². The lowest BCUT2D eigenvalue weighted by atomic mass is 9.82. The predicted molar refractivity (Wildman–Crippen MR) is 225 cm³/mol. The van der Waals surface area contributed by atoms with Crippen LogP contribution >= 0.6 is 0 Å². The molecule has 1 heterocycles. The zero-order valence-corrected chi connectivity index (χ0v) is 36.0. The van der Waals surface area contributed by atoms with Gasteiger partial charge in [0.25, 0.3) is 0 Å². The number of hydrogen-bond donors (Lipinski definition) is 7. The molecular weight excluding hydrogens is 793 g/mol. The molecule has 17 heteroatoms. The Morgan fingerprint density at radius 3 is 2.08 bits per heavy atom. The van der Waals surface area contributed by atoms with Gasteiger partial charge in [-0.05, 0) is 80.3 Å². The van der Waals surface area contributed by atoms with Crippen LogP contribution in [0.4, 0.5) is 8.78 Å². The highest BCUT2D eigenvalue weighted by atomic mass is 19.1. The normalized spacial score (nSPS) is 14.0. The van der Waals surface area contributed by atoms with Crippen molar-refractivity contribution < 1.29 is 47.8 Å². The van der Waals surface area contributed by atoms with Gasteiger partial charge in [-0.25, -0.2) is 13.6 Å². The molecule has 5 atom stereocenters. The van der Waals surface area contributed by atoms with Gasteiger partial charge >= 0.3 is 5.97 Å². The number of benzene rings is 2. The average molecular weight is 854 g/mol. The maximum absolute atomic E-state index is 15.1. The first-order valence-electron chi connectivity index (χ1n) is 20.4. The number of carbonyl (C=O) groups is 6. The van der Waals surface area contributed by atoms with Gasteiger partial charge in [0.2, 0.25) is 29.5 Å². The number of aliphatic carboxylic acids is 1. The van der Waals surface area contributed by atoms with Gasteiger partial charge in [0, 0.05) is 43.0 Å². The van der Waals surface area contributed by atoms with Crippen LogP contribution in [0.5, 0.6) is 0 Å². The summed E-state index contributed by atoms with van der Waals surface area (Å²) in [6.45, 7) is 11.0. The van der Waals surface area contributed by atoms with E-state index in [2.05, 4.69) is 21.3 Å². The van der Waals surface area contributed by atoms with Gasteiger partial charge in [-0.1, -0.05) is 65.0 Å². The van der Waals surface area contributed by atoms with Crippen molar-refractivity contribution in [1.82, 2.24) is 30.7 Å². The second-order valence-corrected chi connectivity index (χ2v) is 16.6. The molecular formula is C44H61F2N7O8. The molecule has 15 nitrogen and oxygen atoms in total. The van der Waals surface area contributed by atoms with E-state index in [1.54, 1.807) is 30.7 Å². The standard InChI is InChI=1S/C44H61F2N7O8/c1-26(2)38(51-41(58)34(49-28(4)55)15-11-12-19-47)42(59)48-27(3)40(57)50-35(43(60)61)18-20-53(37(56)25-54)39(44(5,6)7)36-21-30(32-22-31(45)16-17-33(32)46)24-52(36)23-29-13-9-8-10-14-29/h8-10,13-14,16-17,21-22,24,26-27,34-35,38-39,54H,11-12,15,18-20,23,25,47H2,1-7H3,(H,48,59)(H,49,55)(H,50,57)(H,51,58)(H,60,61)/t27-,34-,35-,38-,39-/m0/s1. The molecule has 61 heavy (non-hydrogen) atoms. The van der Waals surface area contributed by atoms with E-state index in [4.69, 9.17) is 5.73 Å². The summed E-state index contributed by atoms with van der Waals surface area (Å²) in [6.07, 6.45) is 2.79. The highest BCUT2D eigenvalue weighted by Crippen LogP contribution is 2.41. The number of halogens is 2. The minimum absolute atomic E-state index is 0.00905. The van der Waals surface area contributed by atoms with E-state index in [0.717, 1.165) is 23.8 Å². The summed E-state index contributed by atoms with van der Waals surface area (Å²) in [6, 6.07) is 8.31. The fraction of sp³-hybridized carbons (Fsp3) is 0.500. The summed E-state index contributed by atoms with van der Waals surface area (Å²) in [7, 11) is 0. The van der Waals surface area contributed by atoms with Crippen molar-refractivity contribution in [3.63, 3.8) is 0 Å². The summed E-state index contributed by atoms with van der Waals surface area (Å²) < 4.78 is 31.3. The van der Waals surface area contributed by atoms with Gasteiger partial charge in [-0.3, -0.25) is 24.0 Å². The zero-order chi connectivity index (χ0) is 45.6. The number of aliphatic hydroxyl groups excluding tert-OH is 1. The number of rotatable bonds is 22. The third-order valence-corrected chi connectivity index (χ3v) is 10.1. The fourth-order valence-electron chi connectivity index (χ4n) is 7.09. The number of nitrogens with zero attached hydrogens (tertiary/aromatic N) is 2. The number of nitrogens with one attached hydrogen (secondary N) is 4. The Hall–Kier alpha value is -5.68. The number of hydrogen-bond acceptors (Lipinski definition) is 8. The largest absolute Gasteiger partial charge is 0.480 e. The Bertz CT molecular complexity index is 1990. The summed E-state index contributed by atoms with van der Waals surface area (Å²) in [5, 5.41) is 30.6. The van der Waals surface area contributed by atoms with E-state index < -0.39 is 95.3 Å². The van der Waals surface area contributed by atoms with Crippen LogP contribution < -0.4 is 27.0 Å². The number of unbranched alkanes of at least 4 members (excludes halogenated alkanes) is 1. The Morgan fingerprint density at radius 2 is 1.51 bits per heavy atom. The third kappa shape index (κ3) is 14.5. The second-order valence-electron chi connectivity index (χ2n) is 16.6. The van der Waals surface area contributed by atoms with E-state index >= 15 is 4.39 Å². The van der Waals surface area contributed by atoms with Crippen LogP contribution in [0.25, 0.3) is 11.1 Å². The molecule has 1 aromatic heterocycles. The molecule has 0 aliphatic rings. The molecule has 0 radical (unpaired) electrons. The molecule has 0 aliphatic heterocycles. The van der Waals surface area contributed by atoms with Crippen molar-refractivity contribution in [3.05, 3.63) is 83.7 Å². The molecule has 3 aromatic rings. The van der Waals surface area contributed by atoms with Gasteiger partial charge in [0.1, 0.15) is 42.4 Å². The summed E-state index contributed by atoms with van der Waals surface area (Å²) in [5.41, 5.74) is 6.46. The number of aromatic nitrogens is 1. The molecule has 8 N–H and O–H groups in total. The van der Waals surface area contributed by atoms with Crippen molar-refractivity contribution in [1.29, 1.82) is 0 Å². The van der Waals surface area contributed by atoms with E-state index in [9.17, 15) is 43.4 Å². The first-order chi connectivity index (χ1) is 28.7. The van der Waals surface area contributed by atoms with Crippen LogP contribution in [-0.4, -0.2) is 99.0 Å². The number of nitrogens with two attached hydrogens (primary N) is 1. The Kier molecular flexibility index (Phi) is 18.6. The molecule has 334 valence electrons. The maximum atomic E-state index is 15.1. The van der Waals surface area contributed by atoms with Crippen LogP contribution in [0.3, 0.4) is 0 Å². The van der Waals surface area contributed by atoms with E-state index in [1.807, 2.05) is 51.1 Å². The van der Waals surface area contributed by atoms with Gasteiger partial charge in [-0.2, -0.15) is 0 Å². The van der Waals surface area contributed by atoms with Crippen molar-refractivity contribution in [3.8, 4) is 11.1 Å². The SMILES string of the molecule is CC(=O)N[C@@H](CCCCN)C(=O)N[C@H](C(=O)N[C@@H](C)C(=O)N[C@@H](CCN(C(=O)CO)[C@@H](c1cc(-c2cc(F)ccc2F)cn1Cc1ccccc1)C(C)(C)C)C(=O)O)C(C)C. The van der Waals surface area contributed by atoms with Gasteiger partial charge in [0.05, 0.1) is 6.04 Å². The first-order valence-corrected chi connectivity index (χ1v) is 20.4. The van der Waals surface area contributed by atoms with Crippen LogP contribution in [0.15, 0.2) is 60.8 Å². The summed E-state index contributed by atoms with van der Waals surface area (Å²) in [4.78, 5) is 79.3. The lowest BCUT2D eigenvalue weighted by Gasteiger charge is -2.41. The number of carboxylic acids is 1. The minimum atomic E-state index is -1.57. The molecule has 0 bridgehead atoms. The third-order valence-electron chi connectivity index (χ3n) is 10.1. The minimum Gasteiger partial charge on any atom is -0.480 e. The van der Waals surface area contributed by atoms with Crippen molar-refractivity contribution in [2.45, 2.75) is 111 Å². The molecule has 0 fully saturated rings. The molecule has 0 unspecified atom stereocenters. The second kappa shape index (κ2) is 22.8. The molecule has 0 aliphatic carbocycles. The number of amides is 5. The van der Waals surface area contributed by atoms with E-state index in [-0.39, 0.29) is 25.1 Å². The highest BCUT2D eigenvalue weighted by Gasteiger charge is 2.38. The monoisotopic (exact) mass is 853 g/mol. The average Bonchev–Trinajstić information content (AvgIpc) is 3.59. The van der Waals surface area contributed by atoms with Crippen LogP contribution in [-0.2, 0) is 35.3 Å². The van der Waals surface area contributed by atoms with Gasteiger partial charge in [0.15, 0.2) is 0 Å². The Labute approximate surface area is 355 Å². The highest BCUT2D eigenvalue weighted by molar-refractivity contribution is 5.95. The molecule has 5 amide bonds. The Morgan fingerprint density at radius 1 is 0.836 bits per heavy atom. The fourth-order valence-corrected chi connectivity index (χ4v) is 7.09. The van der Waals surface area contributed by atoms with Crippen LogP contribution in [0.1, 0.15) is 91.4 Å². The molecule has 2 aromatic carbocycles. The lowest BCUT2D eigenvalue weighted by Crippen LogP contribution is -2.58. The van der Waals surface area contributed by atoms with Crippen LogP contribution in [0.2, 0.25) is 0 Å².